The maximum atomic E-state index is 13.2. The molecule has 0 aliphatic carbocycles. The molecule has 2 heterocycles. The minimum atomic E-state index is -0.379. The van der Waals surface area contributed by atoms with Gasteiger partial charge in [0.25, 0.3) is 5.91 Å². The number of nitrogens with one attached hydrogen (secondary N) is 1. The van der Waals surface area contributed by atoms with Gasteiger partial charge < -0.3 is 5.32 Å². The van der Waals surface area contributed by atoms with Crippen molar-refractivity contribution in [3.8, 4) is 0 Å². The lowest BCUT2D eigenvalue weighted by Crippen LogP contribution is -2.66. The van der Waals surface area contributed by atoms with Gasteiger partial charge in [0.15, 0.2) is 0 Å². The SMILES string of the molecule is CC(C)C1(C)Nc2ccccc2C(=O)N1N1CCCCCC1. The zero-order valence-electron chi connectivity index (χ0n) is 13.9. The molecule has 1 N–H and O–H groups in total. The molecular formula is C18H27N3O. The smallest absolute Gasteiger partial charge is 0.272 e. The van der Waals surface area contributed by atoms with Crippen molar-refractivity contribution in [3.05, 3.63) is 29.8 Å². The Morgan fingerprint density at radius 3 is 2.36 bits per heavy atom. The number of carbonyl (C=O) groups excluding carboxylic acids is 1. The Morgan fingerprint density at radius 2 is 1.73 bits per heavy atom. The van der Waals surface area contributed by atoms with Gasteiger partial charge in [-0.3, -0.25) is 4.79 Å². The van der Waals surface area contributed by atoms with E-state index in [1.807, 2.05) is 29.3 Å². The number of hydrogen-bond acceptors (Lipinski definition) is 3. The number of hydrazine groups is 1. The van der Waals surface area contributed by atoms with Crippen LogP contribution in [0.1, 0.15) is 56.8 Å². The second-order valence-electron chi connectivity index (χ2n) is 6.96. The summed E-state index contributed by atoms with van der Waals surface area (Å²) in [4.78, 5) is 13.2. The summed E-state index contributed by atoms with van der Waals surface area (Å²) < 4.78 is 0. The molecule has 0 spiro atoms. The Balaban J connectivity index is 2.02. The summed E-state index contributed by atoms with van der Waals surface area (Å²) >= 11 is 0. The van der Waals surface area contributed by atoms with Crippen molar-refractivity contribution in [2.75, 3.05) is 18.4 Å². The molecule has 0 aromatic heterocycles. The maximum absolute atomic E-state index is 13.2. The summed E-state index contributed by atoms with van der Waals surface area (Å²) in [6.07, 6.45) is 4.86. The number of amides is 1. The lowest BCUT2D eigenvalue weighted by atomic mass is 9.92. The quantitative estimate of drug-likeness (QED) is 0.904. The average molecular weight is 301 g/mol. The second-order valence-corrected chi connectivity index (χ2v) is 6.96. The Kier molecular flexibility index (Phi) is 4.13. The van der Waals surface area contributed by atoms with Crippen LogP contribution in [0.4, 0.5) is 5.69 Å². The highest BCUT2D eigenvalue weighted by Gasteiger charge is 2.46. The molecule has 1 fully saturated rings. The lowest BCUT2D eigenvalue weighted by molar-refractivity contribution is -0.0795. The fourth-order valence-corrected chi connectivity index (χ4v) is 3.49. The number of carbonyl (C=O) groups is 1. The van der Waals surface area contributed by atoms with E-state index in [-0.39, 0.29) is 11.6 Å². The first kappa shape index (κ1) is 15.3. The van der Waals surface area contributed by atoms with Crippen LogP contribution in [-0.2, 0) is 0 Å². The molecule has 22 heavy (non-hydrogen) atoms. The summed E-state index contributed by atoms with van der Waals surface area (Å²) in [6.45, 7) is 8.45. The van der Waals surface area contributed by atoms with Gasteiger partial charge in [-0.05, 0) is 37.8 Å². The van der Waals surface area contributed by atoms with E-state index in [1.165, 1.54) is 25.7 Å². The third-order valence-corrected chi connectivity index (χ3v) is 5.17. The predicted octanol–water partition coefficient (Wildman–Crippen LogP) is 3.72. The Morgan fingerprint density at radius 1 is 1.09 bits per heavy atom. The molecule has 3 rings (SSSR count). The number of para-hydroxylation sites is 1. The van der Waals surface area contributed by atoms with Crippen LogP contribution in [0, 0.1) is 5.92 Å². The van der Waals surface area contributed by atoms with E-state index in [4.69, 9.17) is 0 Å². The third kappa shape index (κ3) is 2.50. The van der Waals surface area contributed by atoms with E-state index in [0.29, 0.717) is 5.92 Å². The number of hydrogen-bond donors (Lipinski definition) is 1. The van der Waals surface area contributed by atoms with Crippen molar-refractivity contribution >= 4 is 11.6 Å². The number of benzene rings is 1. The molecule has 2 aliphatic rings. The first-order valence-corrected chi connectivity index (χ1v) is 8.50. The maximum Gasteiger partial charge on any atom is 0.272 e. The second kappa shape index (κ2) is 5.92. The van der Waals surface area contributed by atoms with Crippen molar-refractivity contribution in [3.63, 3.8) is 0 Å². The Labute approximate surface area is 133 Å². The lowest BCUT2D eigenvalue weighted by Gasteiger charge is -2.52. The molecule has 1 amide bonds. The Bertz CT molecular complexity index is 549. The molecule has 120 valence electrons. The molecule has 2 aliphatic heterocycles. The van der Waals surface area contributed by atoms with E-state index in [2.05, 4.69) is 31.1 Å². The zero-order valence-corrected chi connectivity index (χ0v) is 13.9. The minimum Gasteiger partial charge on any atom is -0.361 e. The van der Waals surface area contributed by atoms with Gasteiger partial charge in [-0.15, -0.1) is 0 Å². The van der Waals surface area contributed by atoms with Crippen LogP contribution < -0.4 is 5.32 Å². The molecule has 0 bridgehead atoms. The summed E-state index contributed by atoms with van der Waals surface area (Å²) in [5.74, 6) is 0.445. The zero-order chi connectivity index (χ0) is 15.7. The summed E-state index contributed by atoms with van der Waals surface area (Å²) in [5, 5.41) is 7.92. The molecule has 0 saturated carbocycles. The van der Waals surface area contributed by atoms with Crippen LogP contribution in [0.5, 0.6) is 0 Å². The van der Waals surface area contributed by atoms with Gasteiger partial charge in [-0.1, -0.05) is 38.8 Å². The first-order valence-electron chi connectivity index (χ1n) is 8.50. The van der Waals surface area contributed by atoms with E-state index in [9.17, 15) is 4.79 Å². The van der Waals surface area contributed by atoms with E-state index < -0.39 is 0 Å². The van der Waals surface area contributed by atoms with E-state index in [0.717, 1.165) is 24.3 Å². The molecule has 1 atom stereocenters. The molecule has 0 radical (unpaired) electrons. The van der Waals surface area contributed by atoms with Crippen LogP contribution in [0.2, 0.25) is 0 Å². The number of rotatable bonds is 2. The number of anilines is 1. The van der Waals surface area contributed by atoms with Gasteiger partial charge in [-0.25, -0.2) is 10.0 Å². The van der Waals surface area contributed by atoms with Crippen molar-refractivity contribution in [1.82, 2.24) is 10.0 Å². The minimum absolute atomic E-state index is 0.132. The topological polar surface area (TPSA) is 35.6 Å². The van der Waals surface area contributed by atoms with Gasteiger partial charge in [0.05, 0.1) is 5.56 Å². The monoisotopic (exact) mass is 301 g/mol. The predicted molar refractivity (Wildman–Crippen MR) is 89.5 cm³/mol. The van der Waals surface area contributed by atoms with Crippen LogP contribution in [0.15, 0.2) is 24.3 Å². The molecule has 1 aromatic carbocycles. The van der Waals surface area contributed by atoms with Crippen LogP contribution in [-0.4, -0.2) is 34.7 Å². The van der Waals surface area contributed by atoms with Crippen molar-refractivity contribution in [1.29, 1.82) is 0 Å². The number of fused-ring (bicyclic) bond motifs is 1. The van der Waals surface area contributed by atoms with E-state index in [1.54, 1.807) is 0 Å². The van der Waals surface area contributed by atoms with E-state index >= 15 is 0 Å². The van der Waals surface area contributed by atoms with Crippen LogP contribution >= 0.6 is 0 Å². The van der Waals surface area contributed by atoms with Crippen molar-refractivity contribution in [2.24, 2.45) is 5.92 Å². The summed E-state index contributed by atoms with van der Waals surface area (Å²) in [7, 11) is 0. The van der Waals surface area contributed by atoms with Crippen molar-refractivity contribution < 1.29 is 4.79 Å². The summed E-state index contributed by atoms with van der Waals surface area (Å²) in [5.41, 5.74) is 1.36. The molecule has 1 saturated heterocycles. The highest BCUT2D eigenvalue weighted by molar-refractivity contribution is 6.01. The van der Waals surface area contributed by atoms with Crippen molar-refractivity contribution in [2.45, 2.75) is 52.1 Å². The Hall–Kier alpha value is -1.55. The average Bonchev–Trinajstić information content (AvgIpc) is 2.76. The van der Waals surface area contributed by atoms with Crippen LogP contribution in [0.3, 0.4) is 0 Å². The van der Waals surface area contributed by atoms with Gasteiger partial charge in [0.2, 0.25) is 0 Å². The molecular weight excluding hydrogens is 274 g/mol. The highest BCUT2D eigenvalue weighted by atomic mass is 16.2. The fourth-order valence-electron chi connectivity index (χ4n) is 3.49. The van der Waals surface area contributed by atoms with Gasteiger partial charge in [0, 0.05) is 18.8 Å². The van der Waals surface area contributed by atoms with Gasteiger partial charge >= 0.3 is 0 Å². The highest BCUT2D eigenvalue weighted by Crippen LogP contribution is 2.37. The molecule has 4 nitrogen and oxygen atoms in total. The van der Waals surface area contributed by atoms with Gasteiger partial charge in [0.1, 0.15) is 5.66 Å². The molecule has 1 unspecified atom stereocenters. The normalized spacial score (nSPS) is 26.5. The molecule has 4 heteroatoms. The molecule has 1 aromatic rings. The fraction of sp³-hybridized carbons (Fsp3) is 0.611. The summed E-state index contributed by atoms with van der Waals surface area (Å²) in [6, 6.07) is 7.86. The standard InChI is InChI=1S/C18H27N3O/c1-14(2)18(3)19-16-11-7-6-10-15(16)17(22)21(18)20-12-8-4-5-9-13-20/h6-7,10-11,14,19H,4-5,8-9,12-13H2,1-3H3. The number of nitrogens with zero attached hydrogens (tertiary/aromatic N) is 2. The third-order valence-electron chi connectivity index (χ3n) is 5.17. The van der Waals surface area contributed by atoms with Gasteiger partial charge in [-0.2, -0.15) is 0 Å². The first-order chi connectivity index (χ1) is 10.5. The largest absolute Gasteiger partial charge is 0.361 e. The van der Waals surface area contributed by atoms with Crippen LogP contribution in [0.25, 0.3) is 0 Å².